The van der Waals surface area contributed by atoms with E-state index in [0.717, 1.165) is 0 Å². The summed E-state index contributed by atoms with van der Waals surface area (Å²) in [4.78, 5) is 0. The van der Waals surface area contributed by atoms with Gasteiger partial charge >= 0.3 is 0 Å². The van der Waals surface area contributed by atoms with Crippen LogP contribution in [-0.2, 0) is 5.54 Å². The summed E-state index contributed by atoms with van der Waals surface area (Å²) < 4.78 is 2.84. The van der Waals surface area contributed by atoms with Crippen LogP contribution in [0.3, 0.4) is 0 Å². The van der Waals surface area contributed by atoms with Gasteiger partial charge in [0.05, 0.1) is 0 Å². The Balaban J connectivity index is 1.82. The summed E-state index contributed by atoms with van der Waals surface area (Å²) in [5, 5.41) is 5.45. The summed E-state index contributed by atoms with van der Waals surface area (Å²) >= 11 is 0. The molecule has 1 nitrogen and oxygen atoms in total. The van der Waals surface area contributed by atoms with Gasteiger partial charge in [-0.05, 0) is 40.6 Å². The molecule has 0 saturated heterocycles. The zero-order chi connectivity index (χ0) is 24.8. The van der Waals surface area contributed by atoms with E-state index in [1.165, 1.54) is 26.8 Å². The predicted octanol–water partition coefficient (Wildman–Crippen LogP) is 7.32. The van der Waals surface area contributed by atoms with Crippen LogP contribution in [0.5, 0.6) is 0 Å². The van der Waals surface area contributed by atoms with Crippen LogP contribution < -0.4 is 21.2 Å². The summed E-state index contributed by atoms with van der Waals surface area (Å²) in [5.41, 5.74) is 1.08. The van der Waals surface area contributed by atoms with Gasteiger partial charge in [-0.2, -0.15) is 0 Å². The lowest BCUT2D eigenvalue weighted by Gasteiger charge is -2.49. The molecule has 0 fully saturated rings. The molecule has 178 valence electrons. The molecule has 0 bridgehead atoms. The average Bonchev–Trinajstić information content (AvgIpc) is 2.95. The Morgan fingerprint density at radius 2 is 0.639 bits per heavy atom. The molecule has 3 heteroatoms. The van der Waals surface area contributed by atoms with Crippen LogP contribution in [0.1, 0.15) is 19.4 Å². The van der Waals surface area contributed by atoms with E-state index in [1.54, 1.807) is 0 Å². The molecule has 5 rings (SSSR count). The smallest absolute Gasteiger partial charge is 0.0490 e. The Morgan fingerprint density at radius 3 is 0.917 bits per heavy atom. The van der Waals surface area contributed by atoms with Crippen molar-refractivity contribution >= 4 is 37.4 Å². The van der Waals surface area contributed by atoms with Crippen LogP contribution >= 0.6 is 16.1 Å². The largest absolute Gasteiger partial charge is 0.235 e. The second-order valence-electron chi connectivity index (χ2n) is 9.18. The molecule has 0 radical (unpaired) electrons. The maximum absolute atomic E-state index is 2.84. The standard InChI is InChI=1S/C33H31NP2/c1-33(2,28-18-8-3-9-19-28)34(35(29-20-10-4-11-21-29)30-22-12-5-13-23-30)36(31-24-14-6-15-25-31)32-26-16-7-17-27-32/h3-27H,1-2H3. The Morgan fingerprint density at radius 1 is 0.389 bits per heavy atom. The van der Waals surface area contributed by atoms with Crippen molar-refractivity contribution in [1.29, 1.82) is 0 Å². The summed E-state index contributed by atoms with van der Waals surface area (Å²) in [6, 6.07) is 55.3. The van der Waals surface area contributed by atoms with Crippen molar-refractivity contribution in [2.75, 3.05) is 0 Å². The molecule has 0 atom stereocenters. The van der Waals surface area contributed by atoms with E-state index in [-0.39, 0.29) is 5.54 Å². The minimum atomic E-state index is -0.850. The van der Waals surface area contributed by atoms with Gasteiger partial charge in [0.25, 0.3) is 0 Å². The van der Waals surface area contributed by atoms with Gasteiger partial charge in [0.2, 0.25) is 0 Å². The number of hydrogen-bond donors (Lipinski definition) is 0. The first-order valence-electron chi connectivity index (χ1n) is 12.3. The molecule has 0 heterocycles. The second kappa shape index (κ2) is 11.3. The molecule has 0 amide bonds. The Hall–Kier alpha value is -3.08. The zero-order valence-electron chi connectivity index (χ0n) is 20.8. The minimum absolute atomic E-state index is 0.240. The highest BCUT2D eigenvalue weighted by molar-refractivity contribution is 7.84. The molecule has 0 aromatic heterocycles. The second-order valence-corrected chi connectivity index (χ2v) is 13.6. The molecular weight excluding hydrogens is 472 g/mol. The average molecular weight is 504 g/mol. The van der Waals surface area contributed by atoms with E-state index in [0.29, 0.717) is 0 Å². The highest BCUT2D eigenvalue weighted by atomic mass is 31.2. The predicted molar refractivity (Wildman–Crippen MR) is 159 cm³/mol. The number of hydrogen-bond acceptors (Lipinski definition) is 1. The van der Waals surface area contributed by atoms with Crippen molar-refractivity contribution in [3.05, 3.63) is 157 Å². The quantitative estimate of drug-likeness (QED) is 0.201. The molecule has 5 aromatic rings. The van der Waals surface area contributed by atoms with Crippen molar-refractivity contribution in [2.24, 2.45) is 0 Å². The van der Waals surface area contributed by atoms with Gasteiger partial charge in [0.1, 0.15) is 0 Å². The summed E-state index contributed by atoms with van der Waals surface area (Å²) in [6.45, 7) is 4.79. The Labute approximate surface area is 218 Å². The number of rotatable bonds is 8. The highest BCUT2D eigenvalue weighted by Gasteiger charge is 2.42. The monoisotopic (exact) mass is 503 g/mol. The summed E-state index contributed by atoms with van der Waals surface area (Å²) in [6.07, 6.45) is 0. The third-order valence-electron chi connectivity index (χ3n) is 6.36. The van der Waals surface area contributed by atoms with Crippen LogP contribution in [0.15, 0.2) is 152 Å². The van der Waals surface area contributed by atoms with E-state index >= 15 is 0 Å². The van der Waals surface area contributed by atoms with Crippen molar-refractivity contribution in [3.63, 3.8) is 0 Å². The molecule has 0 N–H and O–H groups in total. The normalized spacial score (nSPS) is 11.8. The van der Waals surface area contributed by atoms with Gasteiger partial charge < -0.3 is 0 Å². The van der Waals surface area contributed by atoms with Crippen LogP contribution in [0, 0.1) is 0 Å². The molecule has 36 heavy (non-hydrogen) atoms. The van der Waals surface area contributed by atoms with E-state index in [9.17, 15) is 0 Å². The maximum Gasteiger partial charge on any atom is 0.0490 e. The van der Waals surface area contributed by atoms with Gasteiger partial charge in [-0.25, -0.2) is 4.44 Å². The summed E-state index contributed by atoms with van der Waals surface area (Å²) in [7, 11) is -1.70. The van der Waals surface area contributed by atoms with Crippen LogP contribution in [-0.4, -0.2) is 4.44 Å². The number of benzene rings is 5. The van der Waals surface area contributed by atoms with E-state index < -0.39 is 16.1 Å². The van der Waals surface area contributed by atoms with E-state index in [1.807, 2.05) is 0 Å². The van der Waals surface area contributed by atoms with Crippen molar-refractivity contribution in [1.82, 2.24) is 4.44 Å². The first-order chi connectivity index (χ1) is 17.7. The first-order valence-corrected chi connectivity index (χ1v) is 14.9. The van der Waals surface area contributed by atoms with Crippen molar-refractivity contribution in [3.8, 4) is 0 Å². The molecule has 0 aliphatic heterocycles. The molecule has 0 spiro atoms. The minimum Gasteiger partial charge on any atom is -0.235 e. The fourth-order valence-electron chi connectivity index (χ4n) is 4.56. The molecular formula is C33H31NP2. The van der Waals surface area contributed by atoms with Crippen molar-refractivity contribution in [2.45, 2.75) is 19.4 Å². The van der Waals surface area contributed by atoms with Gasteiger partial charge in [0, 0.05) is 21.7 Å². The van der Waals surface area contributed by atoms with Crippen LogP contribution in [0.25, 0.3) is 0 Å². The Bertz CT molecular complexity index is 1180. The lowest BCUT2D eigenvalue weighted by atomic mass is 9.96. The van der Waals surface area contributed by atoms with Crippen LogP contribution in [0.4, 0.5) is 0 Å². The fraction of sp³-hybridized carbons (Fsp3) is 0.0909. The van der Waals surface area contributed by atoms with E-state index in [4.69, 9.17) is 0 Å². The van der Waals surface area contributed by atoms with Gasteiger partial charge in [0.15, 0.2) is 0 Å². The highest BCUT2D eigenvalue weighted by Crippen LogP contribution is 2.60. The number of nitrogens with zero attached hydrogens (tertiary/aromatic N) is 1. The molecule has 0 saturated carbocycles. The Kier molecular flexibility index (Phi) is 7.74. The van der Waals surface area contributed by atoms with Crippen LogP contribution in [0.2, 0.25) is 0 Å². The third kappa shape index (κ3) is 5.21. The molecule has 0 aliphatic rings. The summed E-state index contributed by atoms with van der Waals surface area (Å²) in [5.74, 6) is 0. The van der Waals surface area contributed by atoms with Gasteiger partial charge in [-0.15, -0.1) is 0 Å². The zero-order valence-corrected chi connectivity index (χ0v) is 22.6. The topological polar surface area (TPSA) is 3.24 Å². The lowest BCUT2D eigenvalue weighted by molar-refractivity contribution is 0.374. The van der Waals surface area contributed by atoms with Gasteiger partial charge in [-0.3, -0.25) is 0 Å². The van der Waals surface area contributed by atoms with Gasteiger partial charge in [-0.1, -0.05) is 152 Å². The first kappa shape index (κ1) is 24.6. The SMILES string of the molecule is CC(C)(c1ccccc1)N(P(c1ccccc1)c1ccccc1)P(c1ccccc1)c1ccccc1. The molecule has 0 unspecified atom stereocenters. The lowest BCUT2D eigenvalue weighted by Crippen LogP contribution is -2.42. The van der Waals surface area contributed by atoms with E-state index in [2.05, 4.69) is 170 Å². The molecule has 5 aromatic carbocycles. The maximum atomic E-state index is 2.84. The van der Waals surface area contributed by atoms with Crippen molar-refractivity contribution < 1.29 is 0 Å². The fourth-order valence-corrected chi connectivity index (χ4v) is 11.0. The third-order valence-corrected chi connectivity index (χ3v) is 12.3. The molecule has 0 aliphatic carbocycles.